The van der Waals surface area contributed by atoms with Crippen LogP contribution in [0.1, 0.15) is 35.7 Å². The van der Waals surface area contributed by atoms with Crippen LogP contribution in [0.4, 0.5) is 0 Å². The number of rotatable bonds is 9. The lowest BCUT2D eigenvalue weighted by Gasteiger charge is -2.13. The Morgan fingerprint density at radius 1 is 1.13 bits per heavy atom. The molecule has 0 bridgehead atoms. The van der Waals surface area contributed by atoms with Crippen molar-refractivity contribution in [3.63, 3.8) is 0 Å². The van der Waals surface area contributed by atoms with Crippen LogP contribution in [-0.4, -0.2) is 44.0 Å². The molecular formula is C17H23NO5. The summed E-state index contributed by atoms with van der Waals surface area (Å²) in [5.74, 6) is -1.08. The molecule has 0 radical (unpaired) electrons. The van der Waals surface area contributed by atoms with E-state index in [1.807, 2.05) is 19.1 Å². The summed E-state index contributed by atoms with van der Waals surface area (Å²) < 4.78 is 9.81. The van der Waals surface area contributed by atoms with Gasteiger partial charge < -0.3 is 14.8 Å². The fourth-order valence-electron chi connectivity index (χ4n) is 1.83. The lowest BCUT2D eigenvalue weighted by Crippen LogP contribution is -2.37. The average Bonchev–Trinajstić information content (AvgIpc) is 2.53. The molecule has 0 heterocycles. The summed E-state index contributed by atoms with van der Waals surface area (Å²) in [5.41, 5.74) is 1.63. The van der Waals surface area contributed by atoms with Crippen molar-refractivity contribution in [1.82, 2.24) is 5.32 Å². The largest absolute Gasteiger partial charge is 0.453 e. The van der Waals surface area contributed by atoms with Gasteiger partial charge in [0.2, 0.25) is 0 Å². The van der Waals surface area contributed by atoms with E-state index in [0.29, 0.717) is 18.7 Å². The molecule has 1 aromatic rings. The monoisotopic (exact) mass is 321 g/mol. The highest BCUT2D eigenvalue weighted by Gasteiger charge is 2.18. The Kier molecular flexibility index (Phi) is 7.97. The summed E-state index contributed by atoms with van der Waals surface area (Å²) in [6, 6.07) is 7.15. The van der Waals surface area contributed by atoms with Crippen molar-refractivity contribution >= 4 is 17.7 Å². The number of methoxy groups -OCH3 is 1. The number of esters is 1. The third-order valence-corrected chi connectivity index (χ3v) is 3.21. The zero-order valence-electron chi connectivity index (χ0n) is 13.8. The molecule has 0 aliphatic rings. The maximum atomic E-state index is 12.0. The molecule has 0 saturated carbocycles. The summed E-state index contributed by atoms with van der Waals surface area (Å²) in [4.78, 5) is 35.3. The Hall–Kier alpha value is -2.21. The Bertz CT molecular complexity index is 538. The number of hydrogen-bond acceptors (Lipinski definition) is 5. The molecule has 0 unspecified atom stereocenters. The Morgan fingerprint density at radius 2 is 1.78 bits per heavy atom. The molecule has 1 aromatic carbocycles. The minimum Gasteiger partial charge on any atom is -0.453 e. The van der Waals surface area contributed by atoms with E-state index in [-0.39, 0.29) is 24.5 Å². The number of amides is 1. The molecular weight excluding hydrogens is 298 g/mol. The van der Waals surface area contributed by atoms with Crippen LogP contribution in [0.3, 0.4) is 0 Å². The van der Waals surface area contributed by atoms with Crippen LogP contribution in [0.25, 0.3) is 0 Å². The van der Waals surface area contributed by atoms with Gasteiger partial charge in [-0.1, -0.05) is 29.8 Å². The first-order valence-corrected chi connectivity index (χ1v) is 7.50. The molecule has 0 aliphatic heterocycles. The number of carbonyl (C=O) groups excluding carboxylic acids is 3. The summed E-state index contributed by atoms with van der Waals surface area (Å²) in [5, 5.41) is 2.58. The molecule has 0 saturated heterocycles. The summed E-state index contributed by atoms with van der Waals surface area (Å²) in [6.07, 6.45) is -0.892. The normalized spacial score (nSPS) is 11.6. The van der Waals surface area contributed by atoms with Crippen LogP contribution in [-0.2, 0) is 19.1 Å². The van der Waals surface area contributed by atoms with Gasteiger partial charge >= 0.3 is 5.97 Å². The molecule has 0 aliphatic carbocycles. The minimum absolute atomic E-state index is 0.0532. The number of aryl methyl sites for hydroxylation is 1. The smallest absolute Gasteiger partial charge is 0.307 e. The number of nitrogens with one attached hydrogen (secondary N) is 1. The van der Waals surface area contributed by atoms with Crippen LogP contribution in [0.15, 0.2) is 24.3 Å². The van der Waals surface area contributed by atoms with Crippen molar-refractivity contribution in [1.29, 1.82) is 0 Å². The third kappa shape index (κ3) is 7.06. The quantitative estimate of drug-likeness (QED) is 0.425. The van der Waals surface area contributed by atoms with Gasteiger partial charge in [0.05, 0.1) is 13.0 Å². The van der Waals surface area contributed by atoms with Crippen LogP contribution in [0.5, 0.6) is 0 Å². The first kappa shape index (κ1) is 18.8. The molecule has 1 atom stereocenters. The van der Waals surface area contributed by atoms with Gasteiger partial charge in [-0.3, -0.25) is 14.4 Å². The molecule has 0 fully saturated rings. The van der Waals surface area contributed by atoms with Gasteiger partial charge in [0.15, 0.2) is 11.9 Å². The van der Waals surface area contributed by atoms with E-state index in [9.17, 15) is 14.4 Å². The number of ether oxygens (including phenoxy) is 2. The lowest BCUT2D eigenvalue weighted by molar-refractivity contribution is -0.154. The molecule has 1 rings (SSSR count). The van der Waals surface area contributed by atoms with E-state index >= 15 is 0 Å². The van der Waals surface area contributed by atoms with Crippen molar-refractivity contribution < 1.29 is 23.9 Å². The van der Waals surface area contributed by atoms with Gasteiger partial charge in [-0.25, -0.2) is 0 Å². The first-order valence-electron chi connectivity index (χ1n) is 7.50. The predicted molar refractivity (Wildman–Crippen MR) is 85.2 cm³/mol. The zero-order chi connectivity index (χ0) is 17.2. The number of carbonyl (C=O) groups is 3. The van der Waals surface area contributed by atoms with Gasteiger partial charge in [-0.15, -0.1) is 0 Å². The molecule has 1 N–H and O–H groups in total. The highest BCUT2D eigenvalue weighted by molar-refractivity contribution is 5.97. The third-order valence-electron chi connectivity index (χ3n) is 3.21. The second-order valence-corrected chi connectivity index (χ2v) is 5.21. The Morgan fingerprint density at radius 3 is 2.39 bits per heavy atom. The summed E-state index contributed by atoms with van der Waals surface area (Å²) >= 11 is 0. The second-order valence-electron chi connectivity index (χ2n) is 5.21. The molecule has 0 spiro atoms. The highest BCUT2D eigenvalue weighted by atomic mass is 16.5. The molecule has 6 nitrogen and oxygen atoms in total. The fraction of sp³-hybridized carbons (Fsp3) is 0.471. The van der Waals surface area contributed by atoms with Gasteiger partial charge in [-0.05, 0) is 13.8 Å². The van der Waals surface area contributed by atoms with E-state index in [1.165, 1.54) is 14.0 Å². The Balaban J connectivity index is 2.34. The van der Waals surface area contributed by atoms with Crippen LogP contribution in [0.2, 0.25) is 0 Å². The maximum absolute atomic E-state index is 12.0. The van der Waals surface area contributed by atoms with Crippen LogP contribution >= 0.6 is 0 Å². The van der Waals surface area contributed by atoms with Crippen molar-refractivity contribution in [2.45, 2.75) is 32.8 Å². The van der Waals surface area contributed by atoms with E-state index in [0.717, 1.165) is 5.56 Å². The van der Waals surface area contributed by atoms with Crippen LogP contribution in [0, 0.1) is 6.92 Å². The van der Waals surface area contributed by atoms with E-state index < -0.39 is 12.1 Å². The van der Waals surface area contributed by atoms with Crippen molar-refractivity contribution in [3.8, 4) is 0 Å². The van der Waals surface area contributed by atoms with E-state index in [2.05, 4.69) is 5.32 Å². The summed E-state index contributed by atoms with van der Waals surface area (Å²) in [7, 11) is 1.53. The number of hydrogen-bond donors (Lipinski definition) is 1. The van der Waals surface area contributed by atoms with Gasteiger partial charge in [0, 0.05) is 25.6 Å². The van der Waals surface area contributed by atoms with Crippen molar-refractivity contribution in [3.05, 3.63) is 35.4 Å². The van der Waals surface area contributed by atoms with E-state index in [1.54, 1.807) is 12.1 Å². The SMILES string of the molecule is COCCNC(=O)[C@H](C)OC(=O)CCC(=O)c1ccc(C)cc1. The molecule has 6 heteroatoms. The Labute approximate surface area is 136 Å². The summed E-state index contributed by atoms with van der Waals surface area (Å²) in [6.45, 7) is 4.16. The number of benzene rings is 1. The lowest BCUT2D eigenvalue weighted by atomic mass is 10.1. The zero-order valence-corrected chi connectivity index (χ0v) is 13.8. The highest BCUT2D eigenvalue weighted by Crippen LogP contribution is 2.08. The van der Waals surface area contributed by atoms with Crippen molar-refractivity contribution in [2.75, 3.05) is 20.3 Å². The molecule has 23 heavy (non-hydrogen) atoms. The number of Topliss-reactive ketones (excluding diaryl/α,β-unsaturated/α-hetero) is 1. The molecule has 126 valence electrons. The van der Waals surface area contributed by atoms with Gasteiger partial charge in [-0.2, -0.15) is 0 Å². The maximum Gasteiger partial charge on any atom is 0.307 e. The molecule has 1 amide bonds. The fourth-order valence-corrected chi connectivity index (χ4v) is 1.83. The number of ketones is 1. The predicted octanol–water partition coefficient (Wildman–Crippen LogP) is 1.65. The van der Waals surface area contributed by atoms with Crippen molar-refractivity contribution in [2.24, 2.45) is 0 Å². The second kappa shape index (κ2) is 9.74. The van der Waals surface area contributed by atoms with Gasteiger partial charge in [0.1, 0.15) is 0 Å². The average molecular weight is 321 g/mol. The van der Waals surface area contributed by atoms with Gasteiger partial charge in [0.25, 0.3) is 5.91 Å². The standard InChI is InChI=1S/C17H23NO5/c1-12-4-6-14(7-5-12)15(19)8-9-16(20)23-13(2)17(21)18-10-11-22-3/h4-7,13H,8-11H2,1-3H3,(H,18,21)/t13-/m0/s1. The van der Waals surface area contributed by atoms with E-state index in [4.69, 9.17) is 9.47 Å². The molecule has 0 aromatic heterocycles. The first-order chi connectivity index (χ1) is 10.9. The minimum atomic E-state index is -0.895. The topological polar surface area (TPSA) is 81.7 Å². The van der Waals surface area contributed by atoms with Crippen LogP contribution < -0.4 is 5.32 Å².